The van der Waals surface area contributed by atoms with Crippen molar-refractivity contribution in [3.05, 3.63) is 35.4 Å². The summed E-state index contributed by atoms with van der Waals surface area (Å²) in [6.45, 7) is 4.21. The van der Waals surface area contributed by atoms with Crippen LogP contribution in [0.25, 0.3) is 0 Å². The fourth-order valence-corrected chi connectivity index (χ4v) is 1.49. The molecule has 4 nitrogen and oxygen atoms in total. The van der Waals surface area contributed by atoms with E-state index in [1.165, 1.54) is 25.0 Å². The molecule has 0 N–H and O–H groups in total. The standard InChI is InChI=1S/C8H6O4.C5H11.Cu/c9-7(10)5-3-1-2-4-6(5)8(11)12;1-3-5-4-2;/h1-4H,(H,9,10)(H,11,12);3H,4-5H2,1-2H3;/q;;+2/p-2. The van der Waals surface area contributed by atoms with Crippen LogP contribution >= 0.6 is 0 Å². The number of carboxylic acids is 2. The van der Waals surface area contributed by atoms with E-state index in [4.69, 9.17) is 16.0 Å². The third-order valence-electron chi connectivity index (χ3n) is 2.03. The Morgan fingerprint density at radius 1 is 1.17 bits per heavy atom. The van der Waals surface area contributed by atoms with E-state index in [-0.39, 0.29) is 11.1 Å². The van der Waals surface area contributed by atoms with Crippen LogP contribution < -0.4 is 10.2 Å². The molecular weight excluding hydrogens is 284 g/mol. The van der Waals surface area contributed by atoms with Gasteiger partial charge < -0.3 is 19.8 Å². The smallest absolute Gasteiger partial charge is 0.0721 e. The molecule has 0 saturated carbocycles. The van der Waals surface area contributed by atoms with E-state index in [1.54, 1.807) is 0 Å². The Bertz CT molecular complexity index is 369. The van der Waals surface area contributed by atoms with E-state index >= 15 is 0 Å². The third-order valence-corrected chi connectivity index (χ3v) is 2.30. The average molecular weight is 299 g/mol. The van der Waals surface area contributed by atoms with Crippen LogP contribution in [0.1, 0.15) is 47.4 Å². The van der Waals surface area contributed by atoms with Gasteiger partial charge in [-0.2, -0.15) is 0 Å². The van der Waals surface area contributed by atoms with Gasteiger partial charge in [-0.25, -0.2) is 0 Å². The van der Waals surface area contributed by atoms with Crippen LogP contribution in [-0.2, 0) is 16.0 Å². The minimum Gasteiger partial charge on any atom is -0.545 e. The largest absolute Gasteiger partial charge is 0.545 e. The van der Waals surface area contributed by atoms with Gasteiger partial charge in [-0.1, -0.05) is 24.3 Å². The van der Waals surface area contributed by atoms with Crippen molar-refractivity contribution in [2.45, 2.75) is 31.5 Å². The molecule has 0 aliphatic rings. The molecule has 0 spiro atoms. The number of rotatable bonds is 4. The van der Waals surface area contributed by atoms with Crippen LogP contribution in [0.4, 0.5) is 0 Å². The zero-order chi connectivity index (χ0) is 14.1. The molecule has 1 aromatic carbocycles. The Kier molecular flexibility index (Phi) is 8.08. The fraction of sp³-hybridized carbons (Fsp3) is 0.385. The summed E-state index contributed by atoms with van der Waals surface area (Å²) in [5.41, 5.74) is -0.727. The van der Waals surface area contributed by atoms with Gasteiger partial charge in [0.25, 0.3) is 0 Å². The van der Waals surface area contributed by atoms with E-state index in [0.717, 1.165) is 12.1 Å². The molecule has 0 aliphatic heterocycles. The number of hydrogen-bond acceptors (Lipinski definition) is 4. The Hall–Kier alpha value is -1.32. The van der Waals surface area contributed by atoms with E-state index < -0.39 is 11.9 Å². The summed E-state index contributed by atoms with van der Waals surface area (Å²) in [5.74, 6) is -3.04. The molecule has 0 aromatic heterocycles. The molecule has 0 heterocycles. The predicted molar refractivity (Wildman–Crippen MR) is 59.4 cm³/mol. The van der Waals surface area contributed by atoms with Crippen molar-refractivity contribution < 1.29 is 35.8 Å². The molecule has 18 heavy (non-hydrogen) atoms. The maximum atomic E-state index is 10.3. The SMILES string of the molecule is CCC[CH](C)[Cu+2].O=C([O-])c1ccccc1C(=O)[O-]. The number of carboxylic acid groups (broad SMARTS) is 2. The Morgan fingerprint density at radius 3 is 1.72 bits per heavy atom. The topological polar surface area (TPSA) is 80.3 Å². The van der Waals surface area contributed by atoms with E-state index in [1.807, 2.05) is 0 Å². The van der Waals surface area contributed by atoms with Gasteiger partial charge in [-0.05, 0) is 0 Å². The molecular formula is C13H15CuO4. The number of hydrogen-bond donors (Lipinski definition) is 0. The van der Waals surface area contributed by atoms with Crippen LogP contribution in [0.3, 0.4) is 0 Å². The maximum Gasteiger partial charge on any atom is 0.0721 e. The fourth-order valence-electron chi connectivity index (χ4n) is 1.21. The van der Waals surface area contributed by atoms with Crippen molar-refractivity contribution in [1.29, 1.82) is 0 Å². The average Bonchev–Trinajstić information content (AvgIpc) is 2.29. The monoisotopic (exact) mass is 298 g/mol. The zero-order valence-electron chi connectivity index (χ0n) is 10.2. The van der Waals surface area contributed by atoms with Gasteiger partial charge in [-0.15, -0.1) is 0 Å². The van der Waals surface area contributed by atoms with Crippen molar-refractivity contribution in [3.8, 4) is 0 Å². The summed E-state index contributed by atoms with van der Waals surface area (Å²) in [6, 6.07) is 5.14. The van der Waals surface area contributed by atoms with Crippen molar-refractivity contribution >= 4 is 11.9 Å². The van der Waals surface area contributed by atoms with E-state index in [2.05, 4.69) is 13.8 Å². The zero-order valence-corrected chi connectivity index (χ0v) is 11.2. The van der Waals surface area contributed by atoms with E-state index in [0.29, 0.717) is 4.82 Å². The molecule has 102 valence electrons. The summed E-state index contributed by atoms with van der Waals surface area (Å²) in [6.07, 6.45) is 2.40. The van der Waals surface area contributed by atoms with Crippen LogP contribution in [0, 0.1) is 0 Å². The van der Waals surface area contributed by atoms with Gasteiger partial charge in [0.15, 0.2) is 0 Å². The number of aromatic carboxylic acids is 2. The Morgan fingerprint density at radius 2 is 1.56 bits per heavy atom. The van der Waals surface area contributed by atoms with Gasteiger partial charge in [0, 0.05) is 11.1 Å². The van der Waals surface area contributed by atoms with Crippen molar-refractivity contribution in [2.24, 2.45) is 0 Å². The third kappa shape index (κ3) is 6.42. The van der Waals surface area contributed by atoms with Gasteiger partial charge in [0.2, 0.25) is 0 Å². The van der Waals surface area contributed by atoms with Gasteiger partial charge in [0.05, 0.1) is 11.9 Å². The molecule has 1 atom stereocenters. The second-order valence-corrected chi connectivity index (χ2v) is 4.54. The first-order valence-corrected chi connectivity index (χ1v) is 6.05. The Balaban J connectivity index is 0.000000411. The first kappa shape index (κ1) is 16.7. The number of carbonyl (C=O) groups excluding carboxylic acids is 2. The minimum absolute atomic E-state index is 0.363. The molecule has 0 amide bonds. The molecule has 1 aromatic rings. The quantitative estimate of drug-likeness (QED) is 0.761. The van der Waals surface area contributed by atoms with Gasteiger partial charge in [0.1, 0.15) is 0 Å². The second kappa shape index (κ2) is 8.72. The first-order valence-electron chi connectivity index (χ1n) is 5.51. The maximum absolute atomic E-state index is 10.3. The molecule has 1 unspecified atom stereocenters. The van der Waals surface area contributed by atoms with Gasteiger partial charge in [-0.3, -0.25) is 0 Å². The van der Waals surface area contributed by atoms with Crippen LogP contribution in [0.5, 0.6) is 0 Å². The van der Waals surface area contributed by atoms with Crippen molar-refractivity contribution in [2.75, 3.05) is 0 Å². The molecule has 0 bridgehead atoms. The van der Waals surface area contributed by atoms with Crippen molar-refractivity contribution in [1.82, 2.24) is 0 Å². The molecule has 5 heteroatoms. The molecule has 0 fully saturated rings. The molecule has 1 rings (SSSR count). The Labute approximate surface area is 115 Å². The molecule has 0 saturated heterocycles. The summed E-state index contributed by atoms with van der Waals surface area (Å²) in [7, 11) is 0. The van der Waals surface area contributed by atoms with E-state index in [9.17, 15) is 19.8 Å². The summed E-state index contributed by atoms with van der Waals surface area (Å²) in [4.78, 5) is 21.1. The summed E-state index contributed by atoms with van der Waals surface area (Å²) in [5, 5.41) is 20.6. The minimum atomic E-state index is -1.52. The van der Waals surface area contributed by atoms with Crippen LogP contribution in [0.15, 0.2) is 24.3 Å². The summed E-state index contributed by atoms with van der Waals surface area (Å²) >= 11 is 5.01. The first-order chi connectivity index (χ1) is 8.40. The molecule has 0 radical (unpaired) electrons. The summed E-state index contributed by atoms with van der Waals surface area (Å²) < 4.78 is 0. The second-order valence-electron chi connectivity index (χ2n) is 3.61. The molecule has 0 aliphatic carbocycles. The number of benzene rings is 1. The van der Waals surface area contributed by atoms with Crippen LogP contribution in [-0.4, -0.2) is 11.9 Å². The van der Waals surface area contributed by atoms with Crippen molar-refractivity contribution in [3.63, 3.8) is 0 Å². The van der Waals surface area contributed by atoms with Crippen LogP contribution in [0.2, 0.25) is 4.82 Å². The number of carbonyl (C=O) groups is 2. The normalized spacial score (nSPS) is 11.1. The van der Waals surface area contributed by atoms with Gasteiger partial charge >= 0.3 is 47.5 Å². The predicted octanol–water partition coefficient (Wildman–Crippen LogP) is 0.555.